The Morgan fingerprint density at radius 1 is 0.889 bits per heavy atom. The van der Waals surface area contributed by atoms with Crippen molar-refractivity contribution in [3.63, 3.8) is 0 Å². The Kier molecular flexibility index (Phi) is 4.59. The van der Waals surface area contributed by atoms with E-state index in [4.69, 9.17) is 4.74 Å². The highest BCUT2D eigenvalue weighted by Crippen LogP contribution is 2.39. The quantitative estimate of drug-likeness (QED) is 0.371. The van der Waals surface area contributed by atoms with Gasteiger partial charge in [-0.05, 0) is 35.7 Å². The highest BCUT2D eigenvalue weighted by atomic mass is 16.5. The van der Waals surface area contributed by atoms with Gasteiger partial charge in [0, 0.05) is 35.5 Å². The van der Waals surface area contributed by atoms with Gasteiger partial charge in [-0.15, -0.1) is 6.58 Å². The van der Waals surface area contributed by atoms with Gasteiger partial charge < -0.3 is 9.30 Å². The first-order valence-electron chi connectivity index (χ1n) is 9.48. The molecule has 1 aromatic heterocycles. The minimum atomic E-state index is -0.447. The Bertz CT molecular complexity index is 1090. The highest BCUT2D eigenvalue weighted by molar-refractivity contribution is 6.08. The second-order valence-corrected chi connectivity index (χ2v) is 6.90. The van der Waals surface area contributed by atoms with Crippen molar-refractivity contribution in [2.24, 2.45) is 0 Å². The molecular formula is C25H25NO. The lowest BCUT2D eigenvalue weighted by atomic mass is 9.83. The molecule has 4 rings (SSSR count). The van der Waals surface area contributed by atoms with Gasteiger partial charge in [0.15, 0.2) is 0 Å². The standard InChI is InChI=1S/C25H25NO/c1-4-17-26-23-14-10-9-13-21(23)22-18-20(15-16-24(22)26)25(5-2,27-3)19-11-7-6-8-12-19/h4,6-16,18H,1,5,17H2,2-3H3. The number of fused-ring (bicyclic) bond motifs is 3. The van der Waals surface area contributed by atoms with Crippen molar-refractivity contribution < 1.29 is 4.74 Å². The van der Waals surface area contributed by atoms with Crippen LogP contribution in [-0.4, -0.2) is 11.7 Å². The van der Waals surface area contributed by atoms with Crippen LogP contribution >= 0.6 is 0 Å². The molecule has 2 nitrogen and oxygen atoms in total. The zero-order valence-corrected chi connectivity index (χ0v) is 16.0. The summed E-state index contributed by atoms with van der Waals surface area (Å²) in [6.45, 7) is 6.91. The molecule has 136 valence electrons. The van der Waals surface area contributed by atoms with E-state index >= 15 is 0 Å². The van der Waals surface area contributed by atoms with E-state index in [9.17, 15) is 0 Å². The predicted molar refractivity (Wildman–Crippen MR) is 114 cm³/mol. The molecule has 4 aromatic rings. The molecule has 0 saturated carbocycles. The van der Waals surface area contributed by atoms with E-state index in [1.165, 1.54) is 32.9 Å². The molecule has 0 saturated heterocycles. The summed E-state index contributed by atoms with van der Waals surface area (Å²) in [7, 11) is 1.81. The minimum Gasteiger partial charge on any atom is -0.369 e. The number of hydrogen-bond donors (Lipinski definition) is 0. The first-order valence-corrected chi connectivity index (χ1v) is 9.48. The molecule has 0 aliphatic carbocycles. The first-order chi connectivity index (χ1) is 13.2. The molecule has 0 aliphatic rings. The topological polar surface area (TPSA) is 14.2 Å². The molecule has 2 heteroatoms. The molecule has 0 radical (unpaired) electrons. The maximum absolute atomic E-state index is 6.15. The highest BCUT2D eigenvalue weighted by Gasteiger charge is 2.32. The fourth-order valence-electron chi connectivity index (χ4n) is 4.29. The van der Waals surface area contributed by atoms with Gasteiger partial charge in [0.1, 0.15) is 5.60 Å². The average Bonchev–Trinajstić information content (AvgIpc) is 3.04. The largest absolute Gasteiger partial charge is 0.369 e. The van der Waals surface area contributed by atoms with Gasteiger partial charge in [-0.25, -0.2) is 0 Å². The van der Waals surface area contributed by atoms with Crippen LogP contribution in [-0.2, 0) is 16.9 Å². The van der Waals surface area contributed by atoms with Crippen molar-refractivity contribution in [1.82, 2.24) is 4.57 Å². The van der Waals surface area contributed by atoms with E-state index in [2.05, 4.69) is 84.8 Å². The van der Waals surface area contributed by atoms with Gasteiger partial charge >= 0.3 is 0 Å². The van der Waals surface area contributed by atoms with Crippen LogP contribution in [0.5, 0.6) is 0 Å². The lowest BCUT2D eigenvalue weighted by Crippen LogP contribution is -2.29. The zero-order chi connectivity index (χ0) is 18.9. The lowest BCUT2D eigenvalue weighted by Gasteiger charge is -2.33. The number of para-hydroxylation sites is 1. The average molecular weight is 355 g/mol. The summed E-state index contributed by atoms with van der Waals surface area (Å²) < 4.78 is 8.48. The number of benzene rings is 3. The van der Waals surface area contributed by atoms with Gasteiger partial charge in [0.05, 0.1) is 0 Å². The Hall–Kier alpha value is -2.84. The van der Waals surface area contributed by atoms with Crippen molar-refractivity contribution in [3.8, 4) is 0 Å². The fraction of sp³-hybridized carbons (Fsp3) is 0.200. The van der Waals surface area contributed by atoms with E-state index in [0.717, 1.165) is 13.0 Å². The van der Waals surface area contributed by atoms with Crippen molar-refractivity contribution in [2.75, 3.05) is 7.11 Å². The smallest absolute Gasteiger partial charge is 0.117 e. The predicted octanol–water partition coefficient (Wildman–Crippen LogP) is 6.28. The van der Waals surface area contributed by atoms with Gasteiger partial charge in [0.25, 0.3) is 0 Å². The van der Waals surface area contributed by atoms with Gasteiger partial charge in [0.2, 0.25) is 0 Å². The van der Waals surface area contributed by atoms with Crippen LogP contribution in [0.1, 0.15) is 24.5 Å². The molecule has 0 spiro atoms. The van der Waals surface area contributed by atoms with Gasteiger partial charge in [-0.3, -0.25) is 0 Å². The number of methoxy groups -OCH3 is 1. The summed E-state index contributed by atoms with van der Waals surface area (Å²) in [5.41, 5.74) is 4.39. The lowest BCUT2D eigenvalue weighted by molar-refractivity contribution is 0.0187. The number of nitrogens with zero attached hydrogens (tertiary/aromatic N) is 1. The first kappa shape index (κ1) is 17.6. The third-order valence-electron chi connectivity index (χ3n) is 5.64. The third-order valence-corrected chi connectivity index (χ3v) is 5.64. The number of rotatable bonds is 6. The van der Waals surface area contributed by atoms with Gasteiger partial charge in [-0.1, -0.05) is 67.6 Å². The molecule has 0 amide bonds. The molecule has 27 heavy (non-hydrogen) atoms. The van der Waals surface area contributed by atoms with Crippen LogP contribution in [0.2, 0.25) is 0 Å². The number of ether oxygens (including phenoxy) is 1. The second-order valence-electron chi connectivity index (χ2n) is 6.90. The molecule has 1 heterocycles. The normalized spacial score (nSPS) is 13.7. The Balaban J connectivity index is 2.00. The van der Waals surface area contributed by atoms with E-state index in [1.807, 2.05) is 19.3 Å². The molecule has 0 N–H and O–H groups in total. The molecule has 3 aromatic carbocycles. The summed E-state index contributed by atoms with van der Waals surface area (Å²) >= 11 is 0. The number of aromatic nitrogens is 1. The number of hydrogen-bond acceptors (Lipinski definition) is 1. The SMILES string of the molecule is C=CCn1c2ccccc2c2cc(C(CC)(OC)c3ccccc3)ccc21. The maximum atomic E-state index is 6.15. The van der Waals surface area contributed by atoms with Crippen molar-refractivity contribution in [1.29, 1.82) is 0 Å². The van der Waals surface area contributed by atoms with Crippen molar-refractivity contribution in [2.45, 2.75) is 25.5 Å². The third kappa shape index (κ3) is 2.68. The van der Waals surface area contributed by atoms with Gasteiger partial charge in [-0.2, -0.15) is 0 Å². The van der Waals surface area contributed by atoms with Crippen molar-refractivity contribution >= 4 is 21.8 Å². The molecule has 1 atom stereocenters. The van der Waals surface area contributed by atoms with E-state index in [1.54, 1.807) is 0 Å². The van der Waals surface area contributed by atoms with Crippen molar-refractivity contribution in [3.05, 3.63) is 96.6 Å². The Labute approximate surface area is 160 Å². The summed E-state index contributed by atoms with van der Waals surface area (Å²) in [6.07, 6.45) is 2.82. The van der Waals surface area contributed by atoms with E-state index in [-0.39, 0.29) is 0 Å². The Morgan fingerprint density at radius 3 is 2.30 bits per heavy atom. The maximum Gasteiger partial charge on any atom is 0.117 e. The molecule has 0 bridgehead atoms. The molecule has 0 fully saturated rings. The van der Waals surface area contributed by atoms with E-state index < -0.39 is 5.60 Å². The second kappa shape index (κ2) is 7.05. The molecule has 1 unspecified atom stereocenters. The summed E-state index contributed by atoms with van der Waals surface area (Å²) in [5, 5.41) is 2.53. The molecule has 0 aliphatic heterocycles. The number of allylic oxidation sites excluding steroid dienone is 1. The monoisotopic (exact) mass is 355 g/mol. The van der Waals surface area contributed by atoms with Crippen LogP contribution in [0.4, 0.5) is 0 Å². The zero-order valence-electron chi connectivity index (χ0n) is 16.0. The summed E-state index contributed by atoms with van der Waals surface area (Å²) in [5.74, 6) is 0. The van der Waals surface area contributed by atoms with Crippen LogP contribution < -0.4 is 0 Å². The Morgan fingerprint density at radius 2 is 1.59 bits per heavy atom. The van der Waals surface area contributed by atoms with E-state index in [0.29, 0.717) is 0 Å². The van der Waals surface area contributed by atoms with Crippen LogP contribution in [0.3, 0.4) is 0 Å². The molecular weight excluding hydrogens is 330 g/mol. The summed E-state index contributed by atoms with van der Waals surface area (Å²) in [6, 6.07) is 25.8. The van der Waals surface area contributed by atoms with Crippen LogP contribution in [0.25, 0.3) is 21.8 Å². The van der Waals surface area contributed by atoms with Crippen LogP contribution in [0.15, 0.2) is 85.5 Å². The summed E-state index contributed by atoms with van der Waals surface area (Å²) in [4.78, 5) is 0. The fourth-order valence-corrected chi connectivity index (χ4v) is 4.29. The van der Waals surface area contributed by atoms with Crippen LogP contribution in [0, 0.1) is 0 Å². The minimum absolute atomic E-state index is 0.447.